The van der Waals surface area contributed by atoms with Gasteiger partial charge in [0, 0.05) is 12.6 Å². The van der Waals surface area contributed by atoms with E-state index in [2.05, 4.69) is 15.6 Å². The summed E-state index contributed by atoms with van der Waals surface area (Å²) in [5, 5.41) is 5.43. The molecule has 0 aliphatic carbocycles. The molecule has 0 bridgehead atoms. The Bertz CT molecular complexity index is 887. The molecule has 3 rings (SSSR count). The van der Waals surface area contributed by atoms with Gasteiger partial charge in [-0.25, -0.2) is 4.79 Å². The van der Waals surface area contributed by atoms with Crippen molar-refractivity contribution >= 4 is 17.7 Å². The van der Waals surface area contributed by atoms with Crippen LogP contribution in [-0.4, -0.2) is 23.0 Å². The minimum atomic E-state index is -0.786. The second-order valence-corrected chi connectivity index (χ2v) is 6.18. The van der Waals surface area contributed by atoms with Crippen LogP contribution in [0.3, 0.4) is 0 Å². The number of nitrogens with zero attached hydrogens (tertiary/aromatic N) is 1. The van der Waals surface area contributed by atoms with Gasteiger partial charge in [-0.3, -0.25) is 9.78 Å². The number of rotatable bonds is 7. The van der Waals surface area contributed by atoms with Crippen LogP contribution in [0.15, 0.2) is 85.2 Å². The summed E-state index contributed by atoms with van der Waals surface area (Å²) in [4.78, 5) is 28.9. The van der Waals surface area contributed by atoms with Gasteiger partial charge in [-0.1, -0.05) is 60.7 Å². The second kappa shape index (κ2) is 9.87. The van der Waals surface area contributed by atoms with Crippen LogP contribution in [0.2, 0.25) is 0 Å². The number of aromatic nitrogens is 1. The highest BCUT2D eigenvalue weighted by atomic mass is 16.5. The Morgan fingerprint density at radius 3 is 2.21 bits per heavy atom. The number of pyridine rings is 1. The largest absolute Gasteiger partial charge is 0.445 e. The summed E-state index contributed by atoms with van der Waals surface area (Å²) in [6.45, 7) is 0.134. The van der Waals surface area contributed by atoms with Crippen molar-refractivity contribution in [3.8, 4) is 0 Å². The number of hydrogen-bond donors (Lipinski definition) is 2. The molecular weight excluding hydrogens is 354 g/mol. The van der Waals surface area contributed by atoms with Crippen molar-refractivity contribution in [1.82, 2.24) is 10.3 Å². The fourth-order valence-electron chi connectivity index (χ4n) is 2.63. The number of hydrogen-bond acceptors (Lipinski definition) is 4. The third-order valence-corrected chi connectivity index (χ3v) is 4.03. The molecule has 28 heavy (non-hydrogen) atoms. The Morgan fingerprint density at radius 1 is 0.893 bits per heavy atom. The molecule has 6 nitrogen and oxygen atoms in total. The highest BCUT2D eigenvalue weighted by Gasteiger charge is 2.22. The highest BCUT2D eigenvalue weighted by Crippen LogP contribution is 2.09. The molecule has 0 spiro atoms. The van der Waals surface area contributed by atoms with Gasteiger partial charge in [0.2, 0.25) is 5.91 Å². The molecule has 1 atom stereocenters. The molecule has 6 heteroatoms. The van der Waals surface area contributed by atoms with Gasteiger partial charge in [0.15, 0.2) is 0 Å². The lowest BCUT2D eigenvalue weighted by Crippen LogP contribution is -2.45. The van der Waals surface area contributed by atoms with Crippen molar-refractivity contribution in [2.45, 2.75) is 19.1 Å². The van der Waals surface area contributed by atoms with Crippen LogP contribution in [-0.2, 0) is 22.6 Å². The smallest absolute Gasteiger partial charge is 0.408 e. The summed E-state index contributed by atoms with van der Waals surface area (Å²) in [7, 11) is 0. The first-order valence-corrected chi connectivity index (χ1v) is 8.93. The van der Waals surface area contributed by atoms with E-state index in [-0.39, 0.29) is 12.5 Å². The number of anilines is 1. The van der Waals surface area contributed by atoms with Gasteiger partial charge in [0.1, 0.15) is 12.6 Å². The van der Waals surface area contributed by atoms with Gasteiger partial charge in [-0.2, -0.15) is 0 Å². The minimum absolute atomic E-state index is 0.134. The summed E-state index contributed by atoms with van der Waals surface area (Å²) in [5.74, 6) is -0.339. The first-order valence-electron chi connectivity index (χ1n) is 8.93. The van der Waals surface area contributed by atoms with Crippen LogP contribution >= 0.6 is 0 Å². The summed E-state index contributed by atoms with van der Waals surface area (Å²) >= 11 is 0. The molecule has 2 N–H and O–H groups in total. The number of benzene rings is 2. The number of ether oxygens (including phenoxy) is 1. The fourth-order valence-corrected chi connectivity index (χ4v) is 2.63. The molecule has 0 aliphatic rings. The molecule has 0 radical (unpaired) electrons. The molecule has 0 saturated carbocycles. The fraction of sp³-hybridized carbons (Fsp3) is 0.136. The normalized spacial score (nSPS) is 11.3. The van der Waals surface area contributed by atoms with Gasteiger partial charge in [0.05, 0.1) is 11.9 Å². The maximum absolute atomic E-state index is 12.7. The van der Waals surface area contributed by atoms with E-state index in [1.165, 1.54) is 0 Å². The number of carbonyl (C=O) groups excluding carboxylic acids is 2. The number of alkyl carbamates (subject to hydrolysis) is 1. The van der Waals surface area contributed by atoms with Crippen LogP contribution in [0.5, 0.6) is 0 Å². The first-order chi connectivity index (χ1) is 13.7. The first kappa shape index (κ1) is 19.1. The number of nitrogens with one attached hydrogen (secondary N) is 2. The molecular formula is C22H21N3O3. The standard InChI is InChI=1S/C22H21N3O3/c26-21(24-19-12-7-13-23-15-19)20(14-17-8-3-1-4-9-17)25-22(27)28-16-18-10-5-2-6-11-18/h1-13,15,20H,14,16H2,(H,24,26)(H,25,27)/t20-/m0/s1. The maximum atomic E-state index is 12.7. The Labute approximate surface area is 163 Å². The van der Waals surface area contributed by atoms with E-state index < -0.39 is 12.1 Å². The average Bonchev–Trinajstić information content (AvgIpc) is 2.74. The Hall–Kier alpha value is -3.67. The zero-order valence-corrected chi connectivity index (χ0v) is 15.2. The van der Waals surface area contributed by atoms with Gasteiger partial charge >= 0.3 is 6.09 Å². The summed E-state index contributed by atoms with van der Waals surface area (Å²) in [6, 6.07) is 21.5. The van der Waals surface area contributed by atoms with Gasteiger partial charge < -0.3 is 15.4 Å². The van der Waals surface area contributed by atoms with Crippen molar-refractivity contribution < 1.29 is 14.3 Å². The van der Waals surface area contributed by atoms with Crippen molar-refractivity contribution in [3.63, 3.8) is 0 Å². The molecule has 3 aromatic rings. The van der Waals surface area contributed by atoms with E-state index >= 15 is 0 Å². The second-order valence-electron chi connectivity index (χ2n) is 6.18. The summed E-state index contributed by atoms with van der Waals surface area (Å²) < 4.78 is 5.25. The van der Waals surface area contributed by atoms with Crippen LogP contribution in [0.25, 0.3) is 0 Å². The van der Waals surface area contributed by atoms with E-state index in [0.717, 1.165) is 11.1 Å². The lowest BCUT2D eigenvalue weighted by molar-refractivity contribution is -0.118. The molecule has 2 aromatic carbocycles. The molecule has 0 aliphatic heterocycles. The number of carbonyl (C=O) groups is 2. The van der Waals surface area contributed by atoms with E-state index in [1.807, 2.05) is 60.7 Å². The predicted molar refractivity (Wildman–Crippen MR) is 107 cm³/mol. The monoisotopic (exact) mass is 375 g/mol. The van der Waals surface area contributed by atoms with E-state index in [1.54, 1.807) is 24.5 Å². The Morgan fingerprint density at radius 2 is 1.57 bits per heavy atom. The quantitative estimate of drug-likeness (QED) is 0.662. The van der Waals surface area contributed by atoms with Gasteiger partial charge in [0.25, 0.3) is 0 Å². The lowest BCUT2D eigenvalue weighted by Gasteiger charge is -2.18. The van der Waals surface area contributed by atoms with Crippen LogP contribution in [0.4, 0.5) is 10.5 Å². The van der Waals surface area contributed by atoms with Crippen molar-refractivity contribution in [2.75, 3.05) is 5.32 Å². The average molecular weight is 375 g/mol. The van der Waals surface area contributed by atoms with Crippen LogP contribution in [0, 0.1) is 0 Å². The minimum Gasteiger partial charge on any atom is -0.445 e. The third kappa shape index (κ3) is 5.95. The molecule has 142 valence electrons. The maximum Gasteiger partial charge on any atom is 0.408 e. The van der Waals surface area contributed by atoms with Crippen molar-refractivity contribution in [2.24, 2.45) is 0 Å². The molecule has 0 fully saturated rings. The van der Waals surface area contributed by atoms with E-state index in [9.17, 15) is 9.59 Å². The van der Waals surface area contributed by atoms with E-state index in [0.29, 0.717) is 12.1 Å². The lowest BCUT2D eigenvalue weighted by atomic mass is 10.1. The SMILES string of the molecule is O=C(N[C@@H](Cc1ccccc1)C(=O)Nc1cccnc1)OCc1ccccc1. The van der Waals surface area contributed by atoms with Crippen molar-refractivity contribution in [1.29, 1.82) is 0 Å². The zero-order valence-electron chi connectivity index (χ0n) is 15.2. The molecule has 0 unspecified atom stereocenters. The summed E-state index contributed by atoms with van der Waals surface area (Å²) in [6.07, 6.45) is 2.86. The van der Waals surface area contributed by atoms with Crippen molar-refractivity contribution in [3.05, 3.63) is 96.3 Å². The molecule has 2 amide bonds. The van der Waals surface area contributed by atoms with Crippen LogP contribution < -0.4 is 10.6 Å². The zero-order chi connectivity index (χ0) is 19.6. The number of amides is 2. The predicted octanol–water partition coefficient (Wildman–Crippen LogP) is 3.56. The molecule has 1 aromatic heterocycles. The third-order valence-electron chi connectivity index (χ3n) is 4.03. The van der Waals surface area contributed by atoms with Gasteiger partial charge in [-0.15, -0.1) is 0 Å². The Kier molecular flexibility index (Phi) is 6.73. The topological polar surface area (TPSA) is 80.3 Å². The highest BCUT2D eigenvalue weighted by molar-refractivity contribution is 5.96. The van der Waals surface area contributed by atoms with Crippen LogP contribution in [0.1, 0.15) is 11.1 Å². The molecule has 1 heterocycles. The molecule has 0 saturated heterocycles. The Balaban J connectivity index is 1.64. The van der Waals surface area contributed by atoms with E-state index in [4.69, 9.17) is 4.74 Å². The summed E-state index contributed by atoms with van der Waals surface area (Å²) in [5.41, 5.74) is 2.36. The van der Waals surface area contributed by atoms with Gasteiger partial charge in [-0.05, 0) is 23.3 Å².